The van der Waals surface area contributed by atoms with Gasteiger partial charge in [0, 0.05) is 5.92 Å². The molecule has 0 N–H and O–H groups in total. The average molecular weight is 162 g/mol. The van der Waals surface area contributed by atoms with E-state index in [4.69, 9.17) is 0 Å². The van der Waals surface area contributed by atoms with Gasteiger partial charge in [-0.25, -0.2) is 0 Å². The van der Waals surface area contributed by atoms with Crippen molar-refractivity contribution in [2.75, 3.05) is 0 Å². The molecule has 12 heavy (non-hydrogen) atoms. The fourth-order valence-electron chi connectivity index (χ4n) is 1.59. The van der Waals surface area contributed by atoms with E-state index in [1.807, 2.05) is 6.08 Å². The Morgan fingerprint density at radius 2 is 1.92 bits per heavy atom. The Morgan fingerprint density at radius 3 is 2.42 bits per heavy atom. The van der Waals surface area contributed by atoms with Crippen molar-refractivity contribution in [1.82, 2.24) is 0 Å². The smallest absolute Gasteiger partial charge is 0.000411 e. The first-order valence-corrected chi connectivity index (χ1v) is 4.63. The molecule has 0 heterocycles. The van der Waals surface area contributed by atoms with E-state index >= 15 is 0 Å². The van der Waals surface area contributed by atoms with Crippen LogP contribution in [0.5, 0.6) is 0 Å². The Labute approximate surface area is 75.7 Å². The highest BCUT2D eigenvalue weighted by Gasteiger charge is 2.25. The minimum atomic E-state index is 0.387. The predicted molar refractivity (Wildman–Crippen MR) is 55.0 cm³/mol. The van der Waals surface area contributed by atoms with Crippen LogP contribution in [0.4, 0.5) is 0 Å². The molecule has 0 unspecified atom stereocenters. The van der Waals surface area contributed by atoms with Crippen molar-refractivity contribution >= 4 is 0 Å². The zero-order valence-electron chi connectivity index (χ0n) is 8.09. The second-order valence-electron chi connectivity index (χ2n) is 4.11. The summed E-state index contributed by atoms with van der Waals surface area (Å²) < 4.78 is 0. The lowest BCUT2D eigenvalue weighted by molar-refractivity contribution is 0.282. The Balaban J connectivity index is 2.51. The van der Waals surface area contributed by atoms with E-state index in [0.717, 1.165) is 6.42 Å². The lowest BCUT2D eigenvalue weighted by atomic mass is 9.76. The molecular formula is C12H18. The molecule has 0 nitrogen and oxygen atoms in total. The Bertz CT molecular complexity index is 194. The van der Waals surface area contributed by atoms with Crippen LogP contribution in [0.1, 0.15) is 26.7 Å². The normalized spacial score (nSPS) is 17.2. The van der Waals surface area contributed by atoms with E-state index in [9.17, 15) is 0 Å². The molecule has 0 atom stereocenters. The molecule has 0 heteroatoms. The van der Waals surface area contributed by atoms with E-state index in [1.54, 1.807) is 0 Å². The van der Waals surface area contributed by atoms with Gasteiger partial charge in [-0.3, -0.25) is 0 Å². The first kappa shape index (κ1) is 9.31. The monoisotopic (exact) mass is 162 g/mol. The number of hydrogen-bond donors (Lipinski definition) is 0. The third kappa shape index (κ3) is 2.10. The van der Waals surface area contributed by atoms with Crippen LogP contribution in [-0.4, -0.2) is 0 Å². The van der Waals surface area contributed by atoms with Crippen molar-refractivity contribution in [3.63, 3.8) is 0 Å². The van der Waals surface area contributed by atoms with Gasteiger partial charge in [0.25, 0.3) is 0 Å². The third-order valence-electron chi connectivity index (χ3n) is 2.64. The van der Waals surface area contributed by atoms with Gasteiger partial charge in [0.05, 0.1) is 0 Å². The molecule has 0 saturated carbocycles. The molecule has 0 radical (unpaired) electrons. The van der Waals surface area contributed by atoms with Crippen molar-refractivity contribution in [2.45, 2.75) is 26.7 Å². The zero-order valence-corrected chi connectivity index (χ0v) is 8.09. The standard InChI is InChI=1S/C12H18/c1-4-5-10-12(2,3)11-8-6-7-9-11/h4,6-9,11H,1,5,10H2,2-3H3. The quantitative estimate of drug-likeness (QED) is 0.553. The molecular weight excluding hydrogens is 144 g/mol. The summed E-state index contributed by atoms with van der Waals surface area (Å²) in [6, 6.07) is 0. The largest absolute Gasteiger partial charge is 0.103 e. The summed E-state index contributed by atoms with van der Waals surface area (Å²) in [5.74, 6) is 0.623. The first-order chi connectivity index (χ1) is 5.67. The summed E-state index contributed by atoms with van der Waals surface area (Å²) in [5.41, 5.74) is 0.387. The molecule has 0 aromatic heterocycles. The average Bonchev–Trinajstić information content (AvgIpc) is 2.53. The third-order valence-corrected chi connectivity index (χ3v) is 2.64. The highest BCUT2D eigenvalue weighted by molar-refractivity contribution is 5.20. The van der Waals surface area contributed by atoms with Crippen LogP contribution >= 0.6 is 0 Å². The highest BCUT2D eigenvalue weighted by atomic mass is 14.3. The van der Waals surface area contributed by atoms with Gasteiger partial charge in [0.1, 0.15) is 0 Å². The molecule has 1 aliphatic rings. The molecule has 0 fully saturated rings. The summed E-state index contributed by atoms with van der Waals surface area (Å²) in [6.07, 6.45) is 13.2. The fourth-order valence-corrected chi connectivity index (χ4v) is 1.59. The first-order valence-electron chi connectivity index (χ1n) is 4.63. The molecule has 0 saturated heterocycles. The van der Waals surface area contributed by atoms with Crippen LogP contribution < -0.4 is 0 Å². The second-order valence-corrected chi connectivity index (χ2v) is 4.11. The maximum absolute atomic E-state index is 3.75. The van der Waals surface area contributed by atoms with Crippen molar-refractivity contribution in [2.24, 2.45) is 11.3 Å². The molecule has 1 rings (SSSR count). The van der Waals surface area contributed by atoms with Gasteiger partial charge in [0.15, 0.2) is 0 Å². The summed E-state index contributed by atoms with van der Waals surface area (Å²) in [5, 5.41) is 0. The Morgan fingerprint density at radius 1 is 1.33 bits per heavy atom. The number of rotatable bonds is 4. The zero-order chi connectivity index (χ0) is 9.03. The number of hydrogen-bond acceptors (Lipinski definition) is 0. The van der Waals surface area contributed by atoms with Gasteiger partial charge in [-0.1, -0.05) is 44.2 Å². The fraction of sp³-hybridized carbons (Fsp3) is 0.500. The summed E-state index contributed by atoms with van der Waals surface area (Å²) in [6.45, 7) is 8.40. The van der Waals surface area contributed by atoms with Crippen molar-refractivity contribution in [3.8, 4) is 0 Å². The van der Waals surface area contributed by atoms with E-state index in [-0.39, 0.29) is 0 Å². The summed E-state index contributed by atoms with van der Waals surface area (Å²) >= 11 is 0. The van der Waals surface area contributed by atoms with E-state index in [0.29, 0.717) is 11.3 Å². The van der Waals surface area contributed by atoms with Gasteiger partial charge in [-0.05, 0) is 18.3 Å². The molecule has 0 amide bonds. The van der Waals surface area contributed by atoms with Crippen LogP contribution in [-0.2, 0) is 0 Å². The SMILES string of the molecule is C=CCCC(C)(C)C1C=CC=C1. The van der Waals surface area contributed by atoms with Gasteiger partial charge in [-0.15, -0.1) is 6.58 Å². The van der Waals surface area contributed by atoms with Crippen LogP contribution in [0.25, 0.3) is 0 Å². The molecule has 66 valence electrons. The van der Waals surface area contributed by atoms with E-state index < -0.39 is 0 Å². The van der Waals surface area contributed by atoms with Crippen LogP contribution in [0.15, 0.2) is 37.0 Å². The number of allylic oxidation sites excluding steroid dienone is 5. The molecule has 0 aliphatic heterocycles. The van der Waals surface area contributed by atoms with Crippen molar-refractivity contribution in [3.05, 3.63) is 37.0 Å². The van der Waals surface area contributed by atoms with Gasteiger partial charge in [0.2, 0.25) is 0 Å². The van der Waals surface area contributed by atoms with Crippen molar-refractivity contribution < 1.29 is 0 Å². The van der Waals surface area contributed by atoms with Crippen LogP contribution in [0, 0.1) is 11.3 Å². The second kappa shape index (κ2) is 3.75. The Kier molecular flexibility index (Phi) is 2.91. The maximum Gasteiger partial charge on any atom is 0.000411 e. The predicted octanol–water partition coefficient (Wildman–Crippen LogP) is 3.72. The van der Waals surface area contributed by atoms with E-state index in [2.05, 4.69) is 44.7 Å². The minimum Gasteiger partial charge on any atom is -0.103 e. The molecule has 0 aromatic carbocycles. The van der Waals surface area contributed by atoms with Gasteiger partial charge in [-0.2, -0.15) is 0 Å². The maximum atomic E-state index is 3.75. The molecule has 1 aliphatic carbocycles. The Hall–Kier alpha value is -0.780. The van der Waals surface area contributed by atoms with Crippen LogP contribution in [0.3, 0.4) is 0 Å². The topological polar surface area (TPSA) is 0 Å². The van der Waals surface area contributed by atoms with Crippen molar-refractivity contribution in [1.29, 1.82) is 0 Å². The van der Waals surface area contributed by atoms with Gasteiger partial charge >= 0.3 is 0 Å². The summed E-state index contributed by atoms with van der Waals surface area (Å²) in [4.78, 5) is 0. The molecule has 0 aromatic rings. The van der Waals surface area contributed by atoms with E-state index in [1.165, 1.54) is 6.42 Å². The molecule has 0 bridgehead atoms. The lowest BCUT2D eigenvalue weighted by Gasteiger charge is -2.28. The van der Waals surface area contributed by atoms with Crippen LogP contribution in [0.2, 0.25) is 0 Å². The minimum absolute atomic E-state index is 0.387. The van der Waals surface area contributed by atoms with Gasteiger partial charge < -0.3 is 0 Å². The lowest BCUT2D eigenvalue weighted by Crippen LogP contribution is -2.19. The summed E-state index contributed by atoms with van der Waals surface area (Å²) in [7, 11) is 0. The molecule has 0 spiro atoms. The highest BCUT2D eigenvalue weighted by Crippen LogP contribution is 2.35.